The molecule has 1 heterocycles. The normalized spacial score (nSPS) is 10.3. The molecular formula is C13H11BrN2O4. The number of aryl methyl sites for hydroxylation is 1. The van der Waals surface area contributed by atoms with Crippen LogP contribution in [0.25, 0.3) is 11.4 Å². The van der Waals surface area contributed by atoms with Crippen LogP contribution < -0.4 is 5.56 Å². The summed E-state index contributed by atoms with van der Waals surface area (Å²) >= 11 is 3.38. The monoisotopic (exact) mass is 338 g/mol. The molecule has 0 spiro atoms. The van der Waals surface area contributed by atoms with E-state index in [4.69, 9.17) is 0 Å². The molecule has 0 radical (unpaired) electrons. The second-order valence-corrected chi connectivity index (χ2v) is 4.92. The molecule has 20 heavy (non-hydrogen) atoms. The highest BCUT2D eigenvalue weighted by atomic mass is 79.9. The number of hydrogen-bond donors (Lipinski definition) is 2. The number of carbonyl (C=O) groups excluding carboxylic acids is 1. The Labute approximate surface area is 122 Å². The van der Waals surface area contributed by atoms with Crippen molar-refractivity contribution in [1.82, 2.24) is 9.97 Å². The van der Waals surface area contributed by atoms with Crippen molar-refractivity contribution in [2.24, 2.45) is 0 Å². The van der Waals surface area contributed by atoms with Gasteiger partial charge in [-0.3, -0.25) is 4.79 Å². The predicted octanol–water partition coefficient (Wildman–Crippen LogP) is 2.00. The average molecular weight is 339 g/mol. The first kappa shape index (κ1) is 14.3. The summed E-state index contributed by atoms with van der Waals surface area (Å²) in [6.45, 7) is 1.92. The molecular weight excluding hydrogens is 328 g/mol. The maximum absolute atomic E-state index is 11.6. The number of halogens is 1. The Bertz CT molecular complexity index is 740. The molecule has 0 unspecified atom stereocenters. The van der Waals surface area contributed by atoms with E-state index in [9.17, 15) is 14.7 Å². The van der Waals surface area contributed by atoms with Crippen LogP contribution in [0.3, 0.4) is 0 Å². The first-order valence-electron chi connectivity index (χ1n) is 5.62. The van der Waals surface area contributed by atoms with Gasteiger partial charge in [0.05, 0.1) is 7.11 Å². The second-order valence-electron chi connectivity index (χ2n) is 4.07. The minimum atomic E-state index is -0.874. The zero-order chi connectivity index (χ0) is 14.9. The number of aromatic amines is 1. The Balaban J connectivity index is 2.63. The van der Waals surface area contributed by atoms with E-state index < -0.39 is 23.0 Å². The van der Waals surface area contributed by atoms with E-state index in [1.54, 1.807) is 12.1 Å². The highest BCUT2D eigenvalue weighted by Crippen LogP contribution is 2.24. The van der Waals surface area contributed by atoms with Crippen molar-refractivity contribution in [1.29, 1.82) is 0 Å². The lowest BCUT2D eigenvalue weighted by atomic mass is 10.1. The summed E-state index contributed by atoms with van der Waals surface area (Å²) in [4.78, 5) is 29.5. The molecule has 1 aromatic heterocycles. The Kier molecular flexibility index (Phi) is 3.89. The fourth-order valence-electron chi connectivity index (χ4n) is 1.58. The first-order valence-corrected chi connectivity index (χ1v) is 6.41. The van der Waals surface area contributed by atoms with Gasteiger partial charge in [0, 0.05) is 10.0 Å². The van der Waals surface area contributed by atoms with E-state index in [0.29, 0.717) is 5.56 Å². The molecule has 6 nitrogen and oxygen atoms in total. The molecule has 2 aromatic rings. The van der Waals surface area contributed by atoms with E-state index in [1.807, 2.05) is 13.0 Å². The summed E-state index contributed by atoms with van der Waals surface area (Å²) < 4.78 is 5.32. The summed E-state index contributed by atoms with van der Waals surface area (Å²) in [5.74, 6) is -1.46. The lowest BCUT2D eigenvalue weighted by molar-refractivity contribution is 0.0590. The van der Waals surface area contributed by atoms with Crippen LogP contribution in [0.2, 0.25) is 0 Å². The number of hydrogen-bond acceptors (Lipinski definition) is 5. The topological polar surface area (TPSA) is 92.3 Å². The maximum atomic E-state index is 11.6. The molecule has 7 heteroatoms. The van der Waals surface area contributed by atoms with Crippen LogP contribution in [0.15, 0.2) is 27.5 Å². The van der Waals surface area contributed by atoms with Crippen molar-refractivity contribution in [3.05, 3.63) is 44.3 Å². The van der Waals surface area contributed by atoms with Gasteiger partial charge in [-0.1, -0.05) is 28.1 Å². The van der Waals surface area contributed by atoms with Crippen molar-refractivity contribution in [2.45, 2.75) is 6.92 Å². The average Bonchev–Trinajstić information content (AvgIpc) is 2.44. The molecule has 104 valence electrons. The van der Waals surface area contributed by atoms with Gasteiger partial charge in [0.2, 0.25) is 5.75 Å². The van der Waals surface area contributed by atoms with Crippen LogP contribution in [-0.2, 0) is 4.74 Å². The van der Waals surface area contributed by atoms with E-state index >= 15 is 0 Å². The van der Waals surface area contributed by atoms with Gasteiger partial charge in [-0.25, -0.2) is 9.78 Å². The lowest BCUT2D eigenvalue weighted by Gasteiger charge is -2.06. The van der Waals surface area contributed by atoms with E-state index in [1.165, 1.54) is 0 Å². The van der Waals surface area contributed by atoms with Crippen LogP contribution in [0.1, 0.15) is 16.1 Å². The number of esters is 1. The number of H-pyrrole nitrogens is 1. The van der Waals surface area contributed by atoms with Crippen LogP contribution in [0.5, 0.6) is 5.75 Å². The highest BCUT2D eigenvalue weighted by molar-refractivity contribution is 9.10. The van der Waals surface area contributed by atoms with Crippen LogP contribution >= 0.6 is 15.9 Å². The Hall–Kier alpha value is -2.15. The number of rotatable bonds is 2. The van der Waals surface area contributed by atoms with Crippen molar-refractivity contribution in [2.75, 3.05) is 7.11 Å². The second kappa shape index (κ2) is 5.46. The number of benzene rings is 1. The fraction of sp³-hybridized carbons (Fsp3) is 0.154. The summed E-state index contributed by atoms with van der Waals surface area (Å²) in [7, 11) is 1.15. The molecule has 0 saturated carbocycles. The van der Waals surface area contributed by atoms with Gasteiger partial charge < -0.3 is 14.8 Å². The van der Waals surface area contributed by atoms with Gasteiger partial charge in [-0.2, -0.15) is 0 Å². The van der Waals surface area contributed by atoms with Gasteiger partial charge in [0.1, 0.15) is 5.82 Å². The molecule has 0 atom stereocenters. The van der Waals surface area contributed by atoms with Gasteiger partial charge in [-0.15, -0.1) is 0 Å². The predicted molar refractivity (Wildman–Crippen MR) is 75.7 cm³/mol. The molecule has 0 aliphatic rings. The van der Waals surface area contributed by atoms with Crippen molar-refractivity contribution >= 4 is 21.9 Å². The van der Waals surface area contributed by atoms with Crippen molar-refractivity contribution in [3.8, 4) is 17.1 Å². The SMILES string of the molecule is COC(=O)c1nc(-c2ccc(C)c(Br)c2)[nH]c(=O)c1O. The molecule has 0 aliphatic heterocycles. The lowest BCUT2D eigenvalue weighted by Crippen LogP contribution is -2.16. The van der Waals surface area contributed by atoms with Crippen molar-refractivity contribution in [3.63, 3.8) is 0 Å². The third-order valence-corrected chi connectivity index (χ3v) is 3.57. The largest absolute Gasteiger partial charge is 0.501 e. The van der Waals surface area contributed by atoms with Gasteiger partial charge in [0.15, 0.2) is 5.69 Å². The van der Waals surface area contributed by atoms with Crippen LogP contribution in [0.4, 0.5) is 0 Å². The number of methoxy groups -OCH3 is 1. The highest BCUT2D eigenvalue weighted by Gasteiger charge is 2.19. The molecule has 2 N–H and O–H groups in total. The molecule has 0 bridgehead atoms. The third kappa shape index (κ3) is 2.57. The molecule has 0 saturated heterocycles. The Morgan fingerprint density at radius 1 is 1.45 bits per heavy atom. The third-order valence-electron chi connectivity index (χ3n) is 2.72. The summed E-state index contributed by atoms with van der Waals surface area (Å²) in [6, 6.07) is 5.34. The number of ether oxygens (including phenoxy) is 1. The molecule has 2 rings (SSSR count). The fourth-order valence-corrected chi connectivity index (χ4v) is 1.96. The van der Waals surface area contributed by atoms with Gasteiger partial charge >= 0.3 is 5.97 Å². The quantitative estimate of drug-likeness (QED) is 0.817. The molecule has 1 aromatic carbocycles. The Morgan fingerprint density at radius 3 is 2.75 bits per heavy atom. The molecule has 0 fully saturated rings. The standard InChI is InChI=1S/C13H11BrN2O4/c1-6-3-4-7(5-8(6)14)11-15-9(13(19)20-2)10(17)12(18)16-11/h3-5,17H,1-2H3,(H,15,16,18). The zero-order valence-electron chi connectivity index (χ0n) is 10.7. The van der Waals surface area contributed by atoms with Crippen molar-refractivity contribution < 1.29 is 14.6 Å². The number of carbonyl (C=O) groups is 1. The van der Waals surface area contributed by atoms with Crippen LogP contribution in [0, 0.1) is 6.92 Å². The zero-order valence-corrected chi connectivity index (χ0v) is 12.3. The molecule has 0 amide bonds. The van der Waals surface area contributed by atoms with E-state index in [-0.39, 0.29) is 5.82 Å². The first-order chi connectivity index (χ1) is 9.43. The van der Waals surface area contributed by atoms with E-state index in [0.717, 1.165) is 17.1 Å². The maximum Gasteiger partial charge on any atom is 0.360 e. The smallest absolute Gasteiger partial charge is 0.360 e. The van der Waals surface area contributed by atoms with Gasteiger partial charge in [0.25, 0.3) is 5.56 Å². The van der Waals surface area contributed by atoms with Gasteiger partial charge in [-0.05, 0) is 18.6 Å². The summed E-state index contributed by atoms with van der Waals surface area (Å²) in [6.07, 6.45) is 0. The summed E-state index contributed by atoms with van der Waals surface area (Å²) in [5.41, 5.74) is 0.405. The number of nitrogens with one attached hydrogen (secondary N) is 1. The number of nitrogens with zero attached hydrogens (tertiary/aromatic N) is 1. The minimum absolute atomic E-state index is 0.175. The minimum Gasteiger partial charge on any atom is -0.501 e. The Morgan fingerprint density at radius 2 is 2.15 bits per heavy atom. The molecule has 0 aliphatic carbocycles. The summed E-state index contributed by atoms with van der Waals surface area (Å²) in [5, 5.41) is 9.55. The number of aromatic nitrogens is 2. The number of aromatic hydroxyl groups is 1. The van der Waals surface area contributed by atoms with E-state index in [2.05, 4.69) is 30.6 Å². The van der Waals surface area contributed by atoms with Crippen LogP contribution in [-0.4, -0.2) is 28.2 Å².